The highest BCUT2D eigenvalue weighted by atomic mass is 32.1. The highest BCUT2D eigenvalue weighted by Crippen LogP contribution is 2.16. The minimum absolute atomic E-state index is 0.0520. The summed E-state index contributed by atoms with van der Waals surface area (Å²) in [6.45, 7) is 4.05. The zero-order valence-electron chi connectivity index (χ0n) is 12.6. The summed E-state index contributed by atoms with van der Waals surface area (Å²) in [6, 6.07) is 10.6. The monoisotopic (exact) mass is 317 g/mol. The van der Waals surface area contributed by atoms with Crippen LogP contribution < -0.4 is 5.32 Å². The van der Waals surface area contributed by atoms with Gasteiger partial charge < -0.3 is 10.4 Å². The molecule has 0 fully saturated rings. The fourth-order valence-electron chi connectivity index (χ4n) is 2.22. The van der Waals surface area contributed by atoms with Gasteiger partial charge in [-0.2, -0.15) is 0 Å². The number of thiophene rings is 1. The molecule has 0 saturated heterocycles. The lowest BCUT2D eigenvalue weighted by Gasteiger charge is -2.13. The molecule has 0 spiro atoms. The second kappa shape index (κ2) is 7.22. The van der Waals surface area contributed by atoms with E-state index in [2.05, 4.69) is 24.4 Å². The Balaban J connectivity index is 1.85. The number of carbonyl (C=O) groups is 2. The van der Waals surface area contributed by atoms with E-state index in [0.29, 0.717) is 0 Å². The number of hydrogen-bond donors (Lipinski definition) is 2. The van der Waals surface area contributed by atoms with E-state index in [1.54, 1.807) is 23.5 Å². The molecule has 1 amide bonds. The molecule has 2 N–H and O–H groups in total. The van der Waals surface area contributed by atoms with Crippen molar-refractivity contribution in [1.29, 1.82) is 0 Å². The molecule has 0 saturated carbocycles. The maximum atomic E-state index is 12.0. The van der Waals surface area contributed by atoms with Gasteiger partial charge in [0, 0.05) is 22.2 Å². The first kappa shape index (κ1) is 16.2. The van der Waals surface area contributed by atoms with Crippen LogP contribution in [-0.2, 0) is 17.6 Å². The predicted molar refractivity (Wildman–Crippen MR) is 87.5 cm³/mol. The van der Waals surface area contributed by atoms with Crippen LogP contribution in [0, 0.1) is 6.92 Å². The molecule has 0 aliphatic carbocycles. The summed E-state index contributed by atoms with van der Waals surface area (Å²) in [6.07, 6.45) is 1.08. The zero-order valence-corrected chi connectivity index (χ0v) is 13.4. The average Bonchev–Trinajstić information content (AvgIpc) is 2.84. The number of hydrogen-bond acceptors (Lipinski definition) is 3. The van der Waals surface area contributed by atoms with E-state index in [-0.39, 0.29) is 23.9 Å². The number of aromatic carboxylic acids is 1. The Morgan fingerprint density at radius 1 is 1.18 bits per heavy atom. The Morgan fingerprint density at radius 2 is 1.86 bits per heavy atom. The number of amides is 1. The van der Waals surface area contributed by atoms with E-state index >= 15 is 0 Å². The van der Waals surface area contributed by atoms with Crippen molar-refractivity contribution in [3.63, 3.8) is 0 Å². The molecule has 1 atom stereocenters. The molecule has 0 aliphatic rings. The third kappa shape index (κ3) is 4.70. The van der Waals surface area contributed by atoms with Gasteiger partial charge in [-0.3, -0.25) is 4.79 Å². The summed E-state index contributed by atoms with van der Waals surface area (Å²) >= 11 is 1.74. The van der Waals surface area contributed by atoms with Crippen LogP contribution in [-0.4, -0.2) is 23.0 Å². The van der Waals surface area contributed by atoms with Gasteiger partial charge in [-0.05, 0) is 43.7 Å². The maximum absolute atomic E-state index is 12.0. The normalized spacial score (nSPS) is 11.9. The number of nitrogens with one attached hydrogen (secondary N) is 1. The first-order valence-electron chi connectivity index (χ1n) is 7.11. The molecule has 2 aromatic rings. The van der Waals surface area contributed by atoms with Gasteiger partial charge in [0.05, 0.1) is 12.0 Å². The molecule has 2 rings (SSSR count). The fraction of sp³-hybridized carbons (Fsp3) is 0.294. The predicted octanol–water partition coefficient (Wildman–Crippen LogP) is 3.04. The van der Waals surface area contributed by atoms with Crippen LogP contribution in [0.4, 0.5) is 0 Å². The molecular formula is C17H19NO3S. The van der Waals surface area contributed by atoms with Crippen LogP contribution in [0.15, 0.2) is 36.4 Å². The van der Waals surface area contributed by atoms with Crippen molar-refractivity contribution in [2.45, 2.75) is 32.7 Å². The van der Waals surface area contributed by atoms with Gasteiger partial charge in [-0.15, -0.1) is 11.3 Å². The molecule has 0 bridgehead atoms. The fourth-order valence-corrected chi connectivity index (χ4v) is 3.24. The molecule has 0 aliphatic heterocycles. The molecule has 116 valence electrons. The molecule has 1 unspecified atom stereocenters. The Kier molecular flexibility index (Phi) is 5.33. The van der Waals surface area contributed by atoms with Gasteiger partial charge in [-0.25, -0.2) is 4.79 Å². The van der Waals surface area contributed by atoms with Crippen molar-refractivity contribution >= 4 is 23.2 Å². The highest BCUT2D eigenvalue weighted by molar-refractivity contribution is 7.11. The third-order valence-corrected chi connectivity index (χ3v) is 4.30. The third-order valence-electron chi connectivity index (χ3n) is 3.28. The van der Waals surface area contributed by atoms with Crippen LogP contribution in [0.25, 0.3) is 0 Å². The first-order chi connectivity index (χ1) is 10.4. The van der Waals surface area contributed by atoms with E-state index in [1.165, 1.54) is 21.9 Å². The summed E-state index contributed by atoms with van der Waals surface area (Å²) in [5.74, 6) is -1.01. The molecule has 4 nitrogen and oxygen atoms in total. The highest BCUT2D eigenvalue weighted by Gasteiger charge is 2.10. The molecule has 22 heavy (non-hydrogen) atoms. The molecule has 1 aromatic heterocycles. The van der Waals surface area contributed by atoms with Gasteiger partial charge in [0.25, 0.3) is 0 Å². The van der Waals surface area contributed by atoms with Crippen molar-refractivity contribution in [3.05, 3.63) is 57.3 Å². The Bertz CT molecular complexity index is 661. The lowest BCUT2D eigenvalue weighted by molar-refractivity contribution is -0.121. The summed E-state index contributed by atoms with van der Waals surface area (Å²) in [7, 11) is 0. The summed E-state index contributed by atoms with van der Waals surface area (Å²) in [5.41, 5.74) is 1.03. The van der Waals surface area contributed by atoms with Crippen LogP contribution in [0.2, 0.25) is 0 Å². The Hall–Kier alpha value is -2.14. The maximum Gasteiger partial charge on any atom is 0.335 e. The average molecular weight is 317 g/mol. The minimum Gasteiger partial charge on any atom is -0.478 e. The van der Waals surface area contributed by atoms with Crippen molar-refractivity contribution in [1.82, 2.24) is 5.32 Å². The molecule has 1 heterocycles. The summed E-state index contributed by atoms with van der Waals surface area (Å²) < 4.78 is 0. The number of carboxylic acids is 1. The molecule has 0 radical (unpaired) electrons. The Morgan fingerprint density at radius 3 is 2.41 bits per heavy atom. The van der Waals surface area contributed by atoms with Crippen molar-refractivity contribution in [2.75, 3.05) is 0 Å². The zero-order chi connectivity index (χ0) is 16.1. The van der Waals surface area contributed by atoms with E-state index in [9.17, 15) is 9.59 Å². The Labute approximate surface area is 133 Å². The van der Waals surface area contributed by atoms with E-state index in [1.807, 2.05) is 6.92 Å². The van der Waals surface area contributed by atoms with E-state index < -0.39 is 5.97 Å². The minimum atomic E-state index is -0.962. The standard InChI is InChI=1S/C17H19NO3S/c1-11(9-15-8-3-12(2)22-15)18-16(19)10-13-4-6-14(7-5-13)17(20)21/h3-8,11H,9-10H2,1-2H3,(H,18,19)(H,20,21). The van der Waals surface area contributed by atoms with Crippen LogP contribution in [0.3, 0.4) is 0 Å². The van der Waals surface area contributed by atoms with Crippen LogP contribution >= 0.6 is 11.3 Å². The number of carbonyl (C=O) groups excluding carboxylic acids is 1. The van der Waals surface area contributed by atoms with Crippen molar-refractivity contribution in [3.8, 4) is 0 Å². The summed E-state index contributed by atoms with van der Waals surface area (Å²) in [5, 5.41) is 11.8. The van der Waals surface area contributed by atoms with Gasteiger partial charge in [-0.1, -0.05) is 12.1 Å². The number of benzene rings is 1. The van der Waals surface area contributed by atoms with Crippen molar-refractivity contribution in [2.24, 2.45) is 0 Å². The second-order valence-electron chi connectivity index (χ2n) is 5.36. The van der Waals surface area contributed by atoms with Gasteiger partial charge in [0.2, 0.25) is 5.91 Å². The lowest BCUT2D eigenvalue weighted by Crippen LogP contribution is -2.34. The number of carboxylic acid groups (broad SMARTS) is 1. The topological polar surface area (TPSA) is 66.4 Å². The van der Waals surface area contributed by atoms with Crippen molar-refractivity contribution < 1.29 is 14.7 Å². The second-order valence-corrected chi connectivity index (χ2v) is 6.74. The van der Waals surface area contributed by atoms with Crippen LogP contribution in [0.1, 0.15) is 32.6 Å². The first-order valence-corrected chi connectivity index (χ1v) is 7.92. The molecular weight excluding hydrogens is 298 g/mol. The molecule has 1 aromatic carbocycles. The van der Waals surface area contributed by atoms with E-state index in [0.717, 1.165) is 12.0 Å². The van der Waals surface area contributed by atoms with Gasteiger partial charge in [0.15, 0.2) is 0 Å². The quantitative estimate of drug-likeness (QED) is 0.860. The smallest absolute Gasteiger partial charge is 0.335 e. The number of aryl methyl sites for hydroxylation is 1. The summed E-state index contributed by atoms with van der Waals surface area (Å²) in [4.78, 5) is 25.3. The SMILES string of the molecule is Cc1ccc(CC(C)NC(=O)Cc2ccc(C(=O)O)cc2)s1. The number of rotatable bonds is 6. The molecule has 5 heteroatoms. The van der Waals surface area contributed by atoms with E-state index in [4.69, 9.17) is 5.11 Å². The van der Waals surface area contributed by atoms with Gasteiger partial charge in [0.1, 0.15) is 0 Å². The lowest BCUT2D eigenvalue weighted by atomic mass is 10.1. The largest absolute Gasteiger partial charge is 0.478 e. The van der Waals surface area contributed by atoms with Crippen LogP contribution in [0.5, 0.6) is 0 Å². The van der Waals surface area contributed by atoms with Gasteiger partial charge >= 0.3 is 5.97 Å².